The minimum absolute atomic E-state index is 0.248. The number of nitrogens with one attached hydrogen (secondary N) is 1. The zero-order valence-corrected chi connectivity index (χ0v) is 14.3. The van der Waals surface area contributed by atoms with Crippen molar-refractivity contribution in [3.8, 4) is 5.75 Å². The number of aromatic hydroxyl groups is 1. The van der Waals surface area contributed by atoms with Crippen LogP contribution in [0.1, 0.15) is 24.1 Å². The highest BCUT2D eigenvalue weighted by atomic mass is 35.5. The Morgan fingerprint density at radius 3 is 2.58 bits per heavy atom. The number of benzene rings is 1. The number of halogens is 2. The van der Waals surface area contributed by atoms with E-state index in [1.165, 1.54) is 19.1 Å². The summed E-state index contributed by atoms with van der Waals surface area (Å²) in [6, 6.07) is 10.4. The van der Waals surface area contributed by atoms with Crippen molar-refractivity contribution in [3.05, 3.63) is 79.9 Å². The van der Waals surface area contributed by atoms with Gasteiger partial charge < -0.3 is 10.4 Å². The Morgan fingerprint density at radius 1 is 1.17 bits per heavy atom. The number of amides is 1. The van der Waals surface area contributed by atoms with Gasteiger partial charge >= 0.3 is 0 Å². The second kappa shape index (κ2) is 7.99. The van der Waals surface area contributed by atoms with Gasteiger partial charge in [-0.1, -0.05) is 53.6 Å². The summed E-state index contributed by atoms with van der Waals surface area (Å²) in [5, 5.41) is 13.1. The van der Waals surface area contributed by atoms with Crippen LogP contribution < -0.4 is 10.7 Å². The molecular weight excluding hydrogens is 349 g/mol. The van der Waals surface area contributed by atoms with Gasteiger partial charge in [-0.3, -0.25) is 9.59 Å². The quantitative estimate of drug-likeness (QED) is 0.863. The van der Waals surface area contributed by atoms with Crippen molar-refractivity contribution >= 4 is 35.2 Å². The molecule has 1 atom stereocenters. The van der Waals surface area contributed by atoms with E-state index >= 15 is 0 Å². The van der Waals surface area contributed by atoms with E-state index in [9.17, 15) is 14.7 Å². The van der Waals surface area contributed by atoms with Crippen LogP contribution >= 0.6 is 23.2 Å². The van der Waals surface area contributed by atoms with Crippen LogP contribution in [0.5, 0.6) is 5.75 Å². The third-order valence-corrected chi connectivity index (χ3v) is 3.97. The van der Waals surface area contributed by atoms with Gasteiger partial charge in [0.2, 0.25) is 11.3 Å². The Bertz CT molecular complexity index is 850. The highest BCUT2D eigenvalue weighted by Crippen LogP contribution is 2.24. The van der Waals surface area contributed by atoms with Crippen molar-refractivity contribution in [3.63, 3.8) is 0 Å². The molecule has 2 aromatic carbocycles. The average molecular weight is 364 g/mol. The van der Waals surface area contributed by atoms with E-state index < -0.39 is 11.5 Å². The summed E-state index contributed by atoms with van der Waals surface area (Å²) in [5.74, 6) is -0.599. The molecule has 0 aliphatic heterocycles. The van der Waals surface area contributed by atoms with Crippen LogP contribution in [0, 0.1) is 0 Å². The molecule has 0 saturated carbocycles. The van der Waals surface area contributed by atoms with E-state index in [1.54, 1.807) is 42.5 Å². The molecule has 0 saturated heterocycles. The largest absolute Gasteiger partial charge is 0.504 e. The van der Waals surface area contributed by atoms with Gasteiger partial charge in [0.1, 0.15) is 0 Å². The molecule has 0 fully saturated rings. The smallest absolute Gasteiger partial charge is 0.220 e. The molecule has 0 radical (unpaired) electrons. The molecule has 0 spiro atoms. The van der Waals surface area contributed by atoms with Crippen LogP contribution in [-0.2, 0) is 4.79 Å². The Morgan fingerprint density at radius 2 is 1.92 bits per heavy atom. The van der Waals surface area contributed by atoms with E-state index in [-0.39, 0.29) is 11.7 Å². The molecule has 0 heterocycles. The van der Waals surface area contributed by atoms with Gasteiger partial charge in [-0.2, -0.15) is 0 Å². The summed E-state index contributed by atoms with van der Waals surface area (Å²) in [4.78, 5) is 23.2. The van der Waals surface area contributed by atoms with Gasteiger partial charge in [-0.05, 0) is 35.4 Å². The molecule has 2 N–H and O–H groups in total. The molecule has 1 amide bonds. The predicted octanol–water partition coefficient (Wildman–Crippen LogP) is 3.95. The zero-order valence-electron chi connectivity index (χ0n) is 12.8. The molecule has 0 aliphatic carbocycles. The van der Waals surface area contributed by atoms with Crippen molar-refractivity contribution in [2.45, 2.75) is 13.0 Å². The lowest BCUT2D eigenvalue weighted by Gasteiger charge is -2.13. The molecule has 6 heteroatoms. The summed E-state index contributed by atoms with van der Waals surface area (Å²) in [7, 11) is 0. The molecule has 24 heavy (non-hydrogen) atoms. The van der Waals surface area contributed by atoms with E-state index in [1.807, 2.05) is 0 Å². The van der Waals surface area contributed by atoms with Crippen LogP contribution in [0.3, 0.4) is 0 Å². The molecule has 2 rings (SSSR count). The fraction of sp³-hybridized carbons (Fsp3) is 0.111. The topological polar surface area (TPSA) is 66.4 Å². The minimum Gasteiger partial charge on any atom is -0.504 e. The molecule has 2 aromatic rings. The Kier molecular flexibility index (Phi) is 6.01. The van der Waals surface area contributed by atoms with Gasteiger partial charge in [-0.25, -0.2) is 0 Å². The lowest BCUT2D eigenvalue weighted by molar-refractivity contribution is -0.119. The third-order valence-electron chi connectivity index (χ3n) is 3.24. The highest BCUT2D eigenvalue weighted by molar-refractivity contribution is 6.42. The van der Waals surface area contributed by atoms with Gasteiger partial charge in [0.05, 0.1) is 16.1 Å². The Balaban J connectivity index is 2.38. The predicted molar refractivity (Wildman–Crippen MR) is 96.4 cm³/mol. The monoisotopic (exact) mass is 363 g/mol. The third kappa shape index (κ3) is 4.85. The summed E-state index contributed by atoms with van der Waals surface area (Å²) < 4.78 is 0. The lowest BCUT2D eigenvalue weighted by Crippen LogP contribution is -2.24. The van der Waals surface area contributed by atoms with Gasteiger partial charge in [0.25, 0.3) is 0 Å². The molecular formula is C18H15Cl2NO3. The average Bonchev–Trinajstić information content (AvgIpc) is 2.68. The molecule has 124 valence electrons. The van der Waals surface area contributed by atoms with Crippen molar-refractivity contribution < 1.29 is 9.90 Å². The van der Waals surface area contributed by atoms with Crippen LogP contribution in [0.2, 0.25) is 10.0 Å². The molecule has 0 aromatic heterocycles. The summed E-state index contributed by atoms with van der Waals surface area (Å²) in [5.41, 5.74) is 0.824. The fourth-order valence-electron chi connectivity index (χ4n) is 2.08. The van der Waals surface area contributed by atoms with Gasteiger partial charge in [0.15, 0.2) is 5.75 Å². The van der Waals surface area contributed by atoms with Crippen molar-refractivity contribution in [2.75, 3.05) is 0 Å². The first-order valence-corrected chi connectivity index (χ1v) is 7.86. The first kappa shape index (κ1) is 18.0. The van der Waals surface area contributed by atoms with Crippen molar-refractivity contribution in [2.24, 2.45) is 0 Å². The second-order valence-electron chi connectivity index (χ2n) is 5.13. The Hall–Kier alpha value is -2.30. The van der Waals surface area contributed by atoms with Crippen LogP contribution in [-0.4, -0.2) is 11.0 Å². The normalized spacial score (nSPS) is 12.1. The fourth-order valence-corrected chi connectivity index (χ4v) is 2.39. The summed E-state index contributed by atoms with van der Waals surface area (Å²) in [6.07, 6.45) is 3.49. The summed E-state index contributed by atoms with van der Waals surface area (Å²) in [6.45, 7) is 1.39. The number of rotatable bonds is 4. The van der Waals surface area contributed by atoms with Gasteiger partial charge in [0, 0.05) is 6.92 Å². The first-order valence-electron chi connectivity index (χ1n) is 7.10. The Labute approximate surface area is 149 Å². The van der Waals surface area contributed by atoms with Gasteiger partial charge in [-0.15, -0.1) is 0 Å². The van der Waals surface area contributed by atoms with E-state index in [0.717, 1.165) is 5.56 Å². The lowest BCUT2D eigenvalue weighted by atomic mass is 10.1. The molecule has 0 aliphatic rings. The number of carbonyl (C=O) groups excluding carboxylic acids is 1. The van der Waals surface area contributed by atoms with Crippen LogP contribution in [0.4, 0.5) is 0 Å². The van der Waals surface area contributed by atoms with Crippen LogP contribution in [0.25, 0.3) is 6.08 Å². The van der Waals surface area contributed by atoms with E-state index in [4.69, 9.17) is 23.2 Å². The molecule has 0 bridgehead atoms. The molecule has 4 nitrogen and oxygen atoms in total. The van der Waals surface area contributed by atoms with Crippen LogP contribution in [0.15, 0.2) is 53.3 Å². The minimum atomic E-state index is -0.531. The second-order valence-corrected chi connectivity index (χ2v) is 5.94. The number of hydrogen-bond donors (Lipinski definition) is 2. The standard InChI is InChI=1S/C18H15Cl2NO3/c1-11(22)21-16(13-3-2-4-17(23)18(24)10-13)8-6-12-5-7-14(19)15(20)9-12/h2-10,16H,1H3,(H,21,22)(H,23,24)/b8-6+. The number of hydrogen-bond acceptors (Lipinski definition) is 3. The maximum Gasteiger partial charge on any atom is 0.220 e. The zero-order chi connectivity index (χ0) is 17.7. The SMILES string of the molecule is CC(=O)NC(/C=C/c1ccc(Cl)c(Cl)c1)c1cccc(O)c(=O)c1. The van der Waals surface area contributed by atoms with Crippen molar-refractivity contribution in [1.29, 1.82) is 0 Å². The van der Waals surface area contributed by atoms with Crippen molar-refractivity contribution in [1.82, 2.24) is 5.32 Å². The number of carbonyl (C=O) groups is 1. The first-order chi connectivity index (χ1) is 11.4. The summed E-state index contributed by atoms with van der Waals surface area (Å²) >= 11 is 11.9. The highest BCUT2D eigenvalue weighted by Gasteiger charge is 2.10. The van der Waals surface area contributed by atoms with E-state index in [2.05, 4.69) is 5.32 Å². The maximum absolute atomic E-state index is 11.8. The van der Waals surface area contributed by atoms with E-state index in [0.29, 0.717) is 15.6 Å². The maximum atomic E-state index is 11.8. The molecule has 1 unspecified atom stereocenters.